The Balaban J connectivity index is 2.23. The molecule has 1 unspecified atom stereocenters. The number of primary amides is 1. The van der Waals surface area contributed by atoms with Gasteiger partial charge in [0.2, 0.25) is 5.91 Å². The summed E-state index contributed by atoms with van der Waals surface area (Å²) in [6.45, 7) is 0. The molecular weight excluding hydrogens is 292 g/mol. The number of benzene rings is 2. The van der Waals surface area contributed by atoms with Gasteiger partial charge in [0.05, 0.1) is 0 Å². The van der Waals surface area contributed by atoms with Crippen LogP contribution in [-0.2, 0) is 4.79 Å². The van der Waals surface area contributed by atoms with Gasteiger partial charge < -0.3 is 11.5 Å². The van der Waals surface area contributed by atoms with Gasteiger partial charge in [-0.2, -0.15) is 0 Å². The molecule has 20 heavy (non-hydrogen) atoms. The van der Waals surface area contributed by atoms with Crippen LogP contribution in [0.25, 0.3) is 0 Å². The number of hydrogen-bond donors (Lipinski definition) is 2. The topological polar surface area (TPSA) is 69.1 Å². The Morgan fingerprint density at radius 1 is 1.15 bits per heavy atom. The Morgan fingerprint density at radius 2 is 1.80 bits per heavy atom. The standard InChI is InChI=1S/C15H15ClN2OS/c16-10-5-7-11(8-6-10)20-14-4-2-1-3-12(14)13(17)9-15(18)19/h1-8,13H,9,17H2,(H2,18,19). The Bertz CT molecular complexity index is 601. The molecule has 0 aromatic heterocycles. The molecule has 2 aromatic carbocycles. The van der Waals surface area contributed by atoms with E-state index in [2.05, 4.69) is 0 Å². The van der Waals surface area contributed by atoms with Crippen LogP contribution in [0.2, 0.25) is 5.02 Å². The van der Waals surface area contributed by atoms with E-state index in [-0.39, 0.29) is 12.5 Å². The fourth-order valence-electron chi connectivity index (χ4n) is 1.84. The molecule has 0 radical (unpaired) electrons. The van der Waals surface area contributed by atoms with Crippen molar-refractivity contribution in [2.75, 3.05) is 0 Å². The normalized spacial score (nSPS) is 12.1. The maximum Gasteiger partial charge on any atom is 0.219 e. The summed E-state index contributed by atoms with van der Waals surface area (Å²) < 4.78 is 0. The quantitative estimate of drug-likeness (QED) is 0.890. The van der Waals surface area contributed by atoms with E-state index in [1.54, 1.807) is 11.8 Å². The summed E-state index contributed by atoms with van der Waals surface area (Å²) in [7, 11) is 0. The molecule has 0 bridgehead atoms. The molecule has 4 N–H and O–H groups in total. The van der Waals surface area contributed by atoms with Crippen molar-refractivity contribution in [2.24, 2.45) is 11.5 Å². The van der Waals surface area contributed by atoms with Gasteiger partial charge in [0.25, 0.3) is 0 Å². The second-order valence-corrected chi connectivity index (χ2v) is 5.92. The van der Waals surface area contributed by atoms with Crippen molar-refractivity contribution in [3.8, 4) is 0 Å². The molecule has 2 aromatic rings. The molecule has 0 heterocycles. The third-order valence-corrected chi connectivity index (χ3v) is 4.13. The van der Waals surface area contributed by atoms with Crippen LogP contribution in [0, 0.1) is 0 Å². The van der Waals surface area contributed by atoms with Gasteiger partial charge in [-0.15, -0.1) is 0 Å². The molecule has 3 nitrogen and oxygen atoms in total. The highest BCUT2D eigenvalue weighted by Crippen LogP contribution is 2.33. The van der Waals surface area contributed by atoms with Gasteiger partial charge in [0.15, 0.2) is 0 Å². The van der Waals surface area contributed by atoms with Gasteiger partial charge in [-0.1, -0.05) is 41.6 Å². The zero-order valence-electron chi connectivity index (χ0n) is 10.8. The Morgan fingerprint density at radius 3 is 2.45 bits per heavy atom. The lowest BCUT2D eigenvalue weighted by molar-refractivity contribution is -0.118. The van der Waals surface area contributed by atoms with Crippen LogP contribution in [0.5, 0.6) is 0 Å². The molecule has 1 amide bonds. The van der Waals surface area contributed by atoms with Gasteiger partial charge in [-0.3, -0.25) is 4.79 Å². The van der Waals surface area contributed by atoms with Crippen molar-refractivity contribution < 1.29 is 4.79 Å². The lowest BCUT2D eigenvalue weighted by Crippen LogP contribution is -2.21. The first-order valence-corrected chi connectivity index (χ1v) is 7.32. The van der Waals surface area contributed by atoms with Crippen LogP contribution in [0.4, 0.5) is 0 Å². The summed E-state index contributed by atoms with van der Waals surface area (Å²) in [5.41, 5.74) is 12.2. The number of hydrogen-bond acceptors (Lipinski definition) is 3. The highest BCUT2D eigenvalue weighted by molar-refractivity contribution is 7.99. The lowest BCUT2D eigenvalue weighted by atomic mass is 10.0. The van der Waals surface area contributed by atoms with Crippen LogP contribution >= 0.6 is 23.4 Å². The van der Waals surface area contributed by atoms with Gasteiger partial charge in [-0.05, 0) is 35.9 Å². The molecular formula is C15H15ClN2OS. The number of nitrogens with two attached hydrogens (primary N) is 2. The van der Waals surface area contributed by atoms with Crippen LogP contribution in [0.15, 0.2) is 58.3 Å². The minimum atomic E-state index is -0.399. The molecule has 2 rings (SSSR count). The van der Waals surface area contributed by atoms with E-state index in [0.717, 1.165) is 15.4 Å². The molecule has 0 saturated carbocycles. The predicted molar refractivity (Wildman–Crippen MR) is 82.8 cm³/mol. The Kier molecular flexibility index (Phi) is 5.06. The third-order valence-electron chi connectivity index (χ3n) is 2.78. The summed E-state index contributed by atoms with van der Waals surface area (Å²) in [4.78, 5) is 13.1. The van der Waals surface area contributed by atoms with E-state index < -0.39 is 5.91 Å². The molecule has 0 spiro atoms. The van der Waals surface area contributed by atoms with E-state index in [1.807, 2.05) is 48.5 Å². The summed E-state index contributed by atoms with van der Waals surface area (Å²) in [5, 5.41) is 0.702. The molecule has 1 atom stereocenters. The van der Waals surface area contributed by atoms with E-state index in [1.165, 1.54) is 0 Å². The summed E-state index contributed by atoms with van der Waals surface area (Å²) in [6, 6.07) is 14.9. The molecule has 104 valence electrons. The fourth-order valence-corrected chi connectivity index (χ4v) is 2.97. The second kappa shape index (κ2) is 6.79. The first-order chi connectivity index (χ1) is 9.56. The maximum atomic E-state index is 11.0. The largest absolute Gasteiger partial charge is 0.370 e. The van der Waals surface area contributed by atoms with Crippen molar-refractivity contribution in [1.82, 2.24) is 0 Å². The Labute approximate surface area is 127 Å². The van der Waals surface area contributed by atoms with Gasteiger partial charge in [0, 0.05) is 27.3 Å². The highest BCUT2D eigenvalue weighted by atomic mass is 35.5. The van der Waals surface area contributed by atoms with Crippen molar-refractivity contribution in [1.29, 1.82) is 0 Å². The highest BCUT2D eigenvalue weighted by Gasteiger charge is 2.13. The zero-order valence-corrected chi connectivity index (χ0v) is 12.3. The average Bonchev–Trinajstić information content (AvgIpc) is 2.41. The van der Waals surface area contributed by atoms with E-state index in [9.17, 15) is 4.79 Å². The summed E-state index contributed by atoms with van der Waals surface area (Å²) in [6.07, 6.45) is 0.137. The summed E-state index contributed by atoms with van der Waals surface area (Å²) >= 11 is 7.46. The minimum Gasteiger partial charge on any atom is -0.370 e. The molecule has 0 aliphatic carbocycles. The smallest absolute Gasteiger partial charge is 0.219 e. The van der Waals surface area contributed by atoms with Crippen LogP contribution in [0.1, 0.15) is 18.0 Å². The SMILES string of the molecule is NC(=O)CC(N)c1ccccc1Sc1ccc(Cl)cc1. The van der Waals surface area contributed by atoms with E-state index >= 15 is 0 Å². The fraction of sp³-hybridized carbons (Fsp3) is 0.133. The van der Waals surface area contributed by atoms with Crippen molar-refractivity contribution >= 4 is 29.3 Å². The molecule has 0 saturated heterocycles. The zero-order chi connectivity index (χ0) is 14.5. The monoisotopic (exact) mass is 306 g/mol. The van der Waals surface area contributed by atoms with Gasteiger partial charge in [0.1, 0.15) is 0 Å². The lowest BCUT2D eigenvalue weighted by Gasteiger charge is -2.14. The van der Waals surface area contributed by atoms with Crippen molar-refractivity contribution in [2.45, 2.75) is 22.3 Å². The number of carbonyl (C=O) groups excluding carboxylic acids is 1. The van der Waals surface area contributed by atoms with Crippen LogP contribution < -0.4 is 11.5 Å². The minimum absolute atomic E-state index is 0.137. The molecule has 0 aliphatic rings. The molecule has 5 heteroatoms. The summed E-state index contributed by atoms with van der Waals surface area (Å²) in [5.74, 6) is -0.399. The van der Waals surface area contributed by atoms with Gasteiger partial charge in [-0.25, -0.2) is 0 Å². The van der Waals surface area contributed by atoms with Crippen LogP contribution in [0.3, 0.4) is 0 Å². The maximum absolute atomic E-state index is 11.0. The van der Waals surface area contributed by atoms with E-state index in [0.29, 0.717) is 5.02 Å². The van der Waals surface area contributed by atoms with E-state index in [4.69, 9.17) is 23.1 Å². The van der Waals surface area contributed by atoms with Crippen molar-refractivity contribution in [3.63, 3.8) is 0 Å². The third kappa shape index (κ3) is 4.00. The number of amides is 1. The number of carbonyl (C=O) groups is 1. The second-order valence-electron chi connectivity index (χ2n) is 4.37. The van der Waals surface area contributed by atoms with Crippen molar-refractivity contribution in [3.05, 3.63) is 59.1 Å². The average molecular weight is 307 g/mol. The van der Waals surface area contributed by atoms with Crippen LogP contribution in [-0.4, -0.2) is 5.91 Å². The number of halogens is 1. The molecule has 0 fully saturated rings. The first kappa shape index (κ1) is 14.9. The first-order valence-electron chi connectivity index (χ1n) is 6.12. The number of rotatable bonds is 5. The van der Waals surface area contributed by atoms with Gasteiger partial charge >= 0.3 is 0 Å². The Hall–Kier alpha value is -1.49. The molecule has 0 aliphatic heterocycles. The predicted octanol–water partition coefficient (Wildman–Crippen LogP) is 3.37.